The van der Waals surface area contributed by atoms with Crippen LogP contribution in [0, 0.1) is 0 Å². The molecular formula is C35H43Cl2N5O7S2. The normalized spacial score (nSPS) is 20.3. The second-order valence-corrected chi connectivity index (χ2v) is 16.0. The number of carbonyl (C=O) groups is 2. The van der Waals surface area contributed by atoms with Gasteiger partial charge in [0, 0.05) is 66.6 Å². The Bertz CT molecular complexity index is 1730. The minimum Gasteiger partial charge on any atom is -0.394 e. The molecule has 1 saturated carbocycles. The number of benzene rings is 2. The number of aromatic nitrogens is 2. The first-order valence-corrected chi connectivity index (χ1v) is 19.8. The number of thioether (sulfide) groups is 2. The molecule has 6 rings (SSSR count). The largest absolute Gasteiger partial charge is 0.394 e. The van der Waals surface area contributed by atoms with Gasteiger partial charge in [0.05, 0.1) is 36.3 Å². The van der Waals surface area contributed by atoms with Crippen molar-refractivity contribution >= 4 is 69.8 Å². The second kappa shape index (κ2) is 16.8. The summed E-state index contributed by atoms with van der Waals surface area (Å²) in [5.41, 5.74) is 4.05. The molecular weight excluding hydrogens is 737 g/mol. The summed E-state index contributed by atoms with van der Waals surface area (Å²) in [5.74, 6) is 1.63. The lowest BCUT2D eigenvalue weighted by Crippen LogP contribution is -2.52. The molecule has 1 amide bonds. The van der Waals surface area contributed by atoms with Crippen molar-refractivity contribution in [2.75, 3.05) is 41.1 Å². The Morgan fingerprint density at radius 1 is 1.00 bits per heavy atom. The Balaban J connectivity index is 1.05. The van der Waals surface area contributed by atoms with Crippen LogP contribution < -0.4 is 9.80 Å². The summed E-state index contributed by atoms with van der Waals surface area (Å²) >= 11 is 16.7. The zero-order chi connectivity index (χ0) is 36.4. The van der Waals surface area contributed by atoms with Crippen molar-refractivity contribution < 1.29 is 35.1 Å². The third-order valence-electron chi connectivity index (χ3n) is 9.73. The highest BCUT2D eigenvalue weighted by Gasteiger charge is 2.40. The monoisotopic (exact) mass is 779 g/mol. The van der Waals surface area contributed by atoms with Crippen LogP contribution in [0.3, 0.4) is 0 Å². The number of amides is 1. The van der Waals surface area contributed by atoms with Gasteiger partial charge in [-0.05, 0) is 54.7 Å². The third kappa shape index (κ3) is 8.56. The lowest BCUT2D eigenvalue weighted by molar-refractivity contribution is -0.122. The fourth-order valence-corrected chi connectivity index (χ4v) is 9.28. The molecule has 0 unspecified atom stereocenters. The van der Waals surface area contributed by atoms with Gasteiger partial charge in [-0.1, -0.05) is 47.1 Å². The molecule has 1 saturated heterocycles. The molecule has 0 bridgehead atoms. The van der Waals surface area contributed by atoms with E-state index in [4.69, 9.17) is 28.3 Å². The first-order valence-electron chi connectivity index (χ1n) is 16.9. The number of Topliss-reactive ketones (excluding diaryl/α,β-unsaturated/α-hetero) is 1. The molecule has 3 aliphatic rings. The van der Waals surface area contributed by atoms with Crippen molar-refractivity contribution in [1.29, 1.82) is 0 Å². The summed E-state index contributed by atoms with van der Waals surface area (Å²) in [6, 6.07) is 12.2. The Morgan fingerprint density at radius 2 is 1.69 bits per heavy atom. The van der Waals surface area contributed by atoms with E-state index < -0.39 is 31.0 Å². The number of anilines is 2. The molecule has 3 heterocycles. The van der Waals surface area contributed by atoms with E-state index in [1.54, 1.807) is 23.4 Å². The molecule has 1 aliphatic carbocycles. The van der Waals surface area contributed by atoms with Crippen molar-refractivity contribution in [2.24, 2.45) is 7.05 Å². The number of fused-ring (bicyclic) bond motifs is 1. The van der Waals surface area contributed by atoms with Gasteiger partial charge < -0.3 is 39.9 Å². The summed E-state index contributed by atoms with van der Waals surface area (Å²) in [7, 11) is 1.70. The highest BCUT2D eigenvalue weighted by molar-refractivity contribution is 7.99. The van der Waals surface area contributed by atoms with E-state index in [9.17, 15) is 30.0 Å². The van der Waals surface area contributed by atoms with Crippen LogP contribution in [0.25, 0.3) is 0 Å². The molecule has 51 heavy (non-hydrogen) atoms. The molecule has 16 heteroatoms. The molecule has 0 radical (unpaired) electrons. The maximum Gasteiger partial charge on any atom is 0.245 e. The van der Waals surface area contributed by atoms with E-state index in [1.165, 1.54) is 30.8 Å². The van der Waals surface area contributed by atoms with Crippen molar-refractivity contribution in [3.8, 4) is 0 Å². The van der Waals surface area contributed by atoms with Crippen LogP contribution in [0.15, 0.2) is 47.8 Å². The predicted molar refractivity (Wildman–Crippen MR) is 200 cm³/mol. The average Bonchev–Trinajstić information content (AvgIpc) is 3.77. The molecule has 2 aromatic carbocycles. The fraction of sp³-hybridized carbons (Fsp3) is 0.514. The zero-order valence-corrected chi connectivity index (χ0v) is 31.3. The SMILES string of the molecule is Cn1c(C(=O)CC[C@H](O)[C@@H](O)[C@H](O)[C@H](O)CO)cnc1SCc1cc(Cl)c(CN2CSC[C@H]2C(=O)N2CCN(C3CC3)c3ccccc32)cc1Cl. The smallest absolute Gasteiger partial charge is 0.245 e. The van der Waals surface area contributed by atoms with Gasteiger partial charge >= 0.3 is 0 Å². The van der Waals surface area contributed by atoms with Crippen molar-refractivity contribution in [1.82, 2.24) is 14.5 Å². The van der Waals surface area contributed by atoms with E-state index in [1.807, 2.05) is 35.2 Å². The molecule has 3 aromatic rings. The quantitative estimate of drug-likeness (QED) is 0.113. The lowest BCUT2D eigenvalue weighted by Gasteiger charge is -2.39. The predicted octanol–water partition coefficient (Wildman–Crippen LogP) is 3.31. The van der Waals surface area contributed by atoms with Gasteiger partial charge in [-0.3, -0.25) is 14.5 Å². The molecule has 0 spiro atoms. The van der Waals surface area contributed by atoms with Crippen LogP contribution >= 0.6 is 46.7 Å². The number of ketones is 1. The maximum atomic E-state index is 14.0. The molecule has 5 N–H and O–H groups in total. The number of imidazole rings is 1. The minimum absolute atomic E-state index is 0.108. The first kappa shape index (κ1) is 38.4. The lowest BCUT2D eigenvalue weighted by atomic mass is 9.98. The number of aliphatic hydroxyl groups is 5. The minimum atomic E-state index is -1.75. The van der Waals surface area contributed by atoms with Crippen LogP contribution in [0.2, 0.25) is 10.0 Å². The highest BCUT2D eigenvalue weighted by atomic mass is 35.5. The van der Waals surface area contributed by atoms with Gasteiger partial charge in [0.25, 0.3) is 0 Å². The second-order valence-electron chi connectivity index (χ2n) is 13.2. The number of nitrogens with zero attached hydrogens (tertiary/aromatic N) is 5. The fourth-order valence-electron chi connectivity index (χ4n) is 6.57. The molecule has 276 valence electrons. The van der Waals surface area contributed by atoms with E-state index in [0.29, 0.717) is 57.4 Å². The Morgan fingerprint density at radius 3 is 2.41 bits per heavy atom. The van der Waals surface area contributed by atoms with Gasteiger partial charge in [0.1, 0.15) is 24.0 Å². The molecule has 2 fully saturated rings. The van der Waals surface area contributed by atoms with Gasteiger partial charge in [-0.15, -0.1) is 11.8 Å². The van der Waals surface area contributed by atoms with Gasteiger partial charge in [-0.25, -0.2) is 4.98 Å². The topological polar surface area (TPSA) is 163 Å². The molecule has 12 nitrogen and oxygen atoms in total. The van der Waals surface area contributed by atoms with Gasteiger partial charge in [0.2, 0.25) is 5.91 Å². The average molecular weight is 781 g/mol. The van der Waals surface area contributed by atoms with Gasteiger partial charge in [-0.2, -0.15) is 0 Å². The number of hydrogen-bond acceptors (Lipinski definition) is 12. The summed E-state index contributed by atoms with van der Waals surface area (Å²) in [4.78, 5) is 37.8. The van der Waals surface area contributed by atoms with Crippen LogP contribution in [0.1, 0.15) is 47.3 Å². The third-order valence-corrected chi connectivity index (χ3v) is 12.6. The first-order chi connectivity index (χ1) is 24.5. The Kier molecular flexibility index (Phi) is 12.6. The molecule has 2 aliphatic heterocycles. The van der Waals surface area contributed by atoms with Crippen LogP contribution in [0.5, 0.6) is 0 Å². The van der Waals surface area contributed by atoms with Crippen LogP contribution in [-0.2, 0) is 24.1 Å². The van der Waals surface area contributed by atoms with Crippen molar-refractivity contribution in [3.63, 3.8) is 0 Å². The van der Waals surface area contributed by atoms with Crippen molar-refractivity contribution in [3.05, 3.63) is 69.5 Å². The van der Waals surface area contributed by atoms with Crippen molar-refractivity contribution in [2.45, 2.75) is 79.6 Å². The summed E-state index contributed by atoms with van der Waals surface area (Å²) < 4.78 is 1.64. The molecule has 1 aromatic heterocycles. The highest BCUT2D eigenvalue weighted by Crippen LogP contribution is 2.41. The standard InChI is InChI=1S/C35H43Cl2N5O7S2/c1-39-27(29(44)8-9-30(45)32(47)33(48)31(46)16-43)14-38-35(39)51-17-21-13-23(36)20(12-24(21)37)15-40-19-50-18-28(40)34(49)42-11-10-41(22-6-7-22)25-4-2-3-5-26(25)42/h2-5,12-14,22,28,30-33,43,45-48H,6-11,15-19H2,1H3/t28-,30-,31+,32+,33+/m0/s1. The number of rotatable bonds is 15. The van der Waals surface area contributed by atoms with E-state index in [-0.39, 0.29) is 30.6 Å². The summed E-state index contributed by atoms with van der Waals surface area (Å²) in [6.07, 6.45) is -3.04. The van der Waals surface area contributed by atoms with Gasteiger partial charge in [0.15, 0.2) is 10.9 Å². The maximum absolute atomic E-state index is 14.0. The Hall–Kier alpha value is -2.37. The number of halogens is 2. The summed E-state index contributed by atoms with van der Waals surface area (Å²) in [6.45, 7) is 1.21. The number of hydrogen-bond donors (Lipinski definition) is 5. The Labute approximate surface area is 315 Å². The number of aliphatic hydroxyl groups excluding tert-OH is 5. The van der Waals surface area contributed by atoms with E-state index in [2.05, 4.69) is 20.9 Å². The molecule has 5 atom stereocenters. The van der Waals surface area contributed by atoms with E-state index in [0.717, 1.165) is 29.0 Å². The number of carbonyl (C=O) groups excluding carboxylic acids is 2. The summed E-state index contributed by atoms with van der Waals surface area (Å²) in [5, 5.41) is 50.1. The van der Waals surface area contributed by atoms with Crippen LogP contribution in [-0.4, -0.2) is 119 Å². The van der Waals surface area contributed by atoms with E-state index >= 15 is 0 Å². The van der Waals surface area contributed by atoms with Crippen LogP contribution in [0.4, 0.5) is 11.4 Å². The zero-order valence-electron chi connectivity index (χ0n) is 28.1. The number of para-hydroxylation sites is 2.